The first-order valence-corrected chi connectivity index (χ1v) is 26.5. The van der Waals surface area contributed by atoms with Gasteiger partial charge in [-0.25, -0.2) is 0 Å². The maximum atomic E-state index is 5.89. The van der Waals surface area contributed by atoms with E-state index < -0.39 is 18.3 Å². The van der Waals surface area contributed by atoms with Gasteiger partial charge >= 0.3 is 321 Å². The van der Waals surface area contributed by atoms with Crippen molar-refractivity contribution in [3.63, 3.8) is 0 Å². The van der Waals surface area contributed by atoms with Crippen LogP contribution in [0.5, 0.6) is 0 Å². The van der Waals surface area contributed by atoms with E-state index in [0.717, 1.165) is 17.0 Å². The molecule has 0 atom stereocenters. The van der Waals surface area contributed by atoms with Gasteiger partial charge in [-0.15, -0.1) is 24.8 Å². The molecular weight excluding hydrogens is 787 g/mol. The molecule has 3 heteroatoms. The molecule has 0 unspecified atom stereocenters. The molecule has 0 spiro atoms. The third-order valence-corrected chi connectivity index (χ3v) is 28.4. The van der Waals surface area contributed by atoms with Crippen molar-refractivity contribution < 1.29 is 18.3 Å². The standard InChI is InChI=1S/C33H33.C7H7.C6H5.C5H5.CH2.2ClH.Zr/c1-32(2,3)30-20-26-24(18-28(30)22-13-9-7-10-14-22)17-25-19-29(23-15-11-8-12-16-23)31(21-27(25)26)33(4,5)6;1-7-5-3-2-4-6-7;1-2-4-6-5-3-1;1-2-4-5-3-1;;;;/h7-16,18,20-21H,17H2,1-6H3;2-6H,1H2;1-5H;1-3H,4H2;1H2;2*1H;. The number of benzene rings is 6. The summed E-state index contributed by atoms with van der Waals surface area (Å²) in [5.41, 5.74) is 15.1. The van der Waals surface area contributed by atoms with E-state index in [1.807, 2.05) is 0 Å². The van der Waals surface area contributed by atoms with Crippen LogP contribution >= 0.6 is 24.8 Å². The summed E-state index contributed by atoms with van der Waals surface area (Å²) in [6.45, 7) is 14.3. The fraction of sp³-hybridized carbons (Fsp3) is 0.212. The summed E-state index contributed by atoms with van der Waals surface area (Å²) < 4.78 is 11.4. The van der Waals surface area contributed by atoms with E-state index in [-0.39, 0.29) is 35.6 Å². The summed E-state index contributed by atoms with van der Waals surface area (Å²) in [6, 6.07) is 52.8. The van der Waals surface area contributed by atoms with Crippen LogP contribution < -0.4 is 6.54 Å². The molecule has 0 N–H and O–H groups in total. The van der Waals surface area contributed by atoms with Gasteiger partial charge in [0.05, 0.1) is 0 Å². The number of halogens is 2. The molecule has 0 bridgehead atoms. The molecule has 0 saturated carbocycles. The first-order chi connectivity index (χ1) is 25.4. The van der Waals surface area contributed by atoms with Gasteiger partial charge in [-0.1, -0.05) is 0 Å². The maximum absolute atomic E-state index is 5.89. The fourth-order valence-corrected chi connectivity index (χ4v) is 26.0. The first-order valence-electron chi connectivity index (χ1n) is 19.4. The monoisotopic (exact) mass is 838 g/mol. The summed E-state index contributed by atoms with van der Waals surface area (Å²) in [5, 5.41) is 0. The first kappa shape index (κ1) is 40.8. The molecule has 6 aromatic rings. The number of hydrogen-bond acceptors (Lipinski definition) is 0. The zero-order valence-corrected chi connectivity index (χ0v) is 37.2. The number of allylic oxidation sites excluding steroid dienone is 4. The Morgan fingerprint density at radius 1 is 0.582 bits per heavy atom. The quantitative estimate of drug-likeness (QED) is 0.150. The summed E-state index contributed by atoms with van der Waals surface area (Å²) in [7, 11) is 0. The minimum atomic E-state index is -4.91. The van der Waals surface area contributed by atoms with Crippen molar-refractivity contribution in [2.75, 3.05) is 0 Å². The van der Waals surface area contributed by atoms with Crippen LogP contribution in [0.4, 0.5) is 0 Å². The van der Waals surface area contributed by atoms with Crippen molar-refractivity contribution in [3.05, 3.63) is 189 Å². The second kappa shape index (κ2) is 15.2. The average Bonchev–Trinajstić information content (AvgIpc) is 3.84. The molecule has 0 heterocycles. The Balaban J connectivity index is 0.00000257. The van der Waals surface area contributed by atoms with Crippen molar-refractivity contribution in [1.82, 2.24) is 0 Å². The SMILES string of the molecule is Cl.Cl.[CH2]=[Zr]([CH2]c1ccccc1)([C]1=CC=CC1)([c]1ccccc1)[c]1c2c(cc(C(C)(C)C)c1-c1ccccc1)-c1cc(C(C)(C)C)c(-c3ccccc3)cc1C2. The van der Waals surface area contributed by atoms with Crippen LogP contribution in [0.2, 0.25) is 0 Å². The van der Waals surface area contributed by atoms with Crippen LogP contribution in [0.15, 0.2) is 161 Å². The van der Waals surface area contributed by atoms with Gasteiger partial charge in [0.2, 0.25) is 0 Å². The topological polar surface area (TPSA) is 0 Å². The average molecular weight is 841 g/mol. The van der Waals surface area contributed by atoms with Gasteiger partial charge in [0.1, 0.15) is 0 Å². The van der Waals surface area contributed by atoms with E-state index in [0.29, 0.717) is 0 Å². The van der Waals surface area contributed by atoms with E-state index in [4.69, 9.17) is 4.21 Å². The predicted octanol–water partition coefficient (Wildman–Crippen LogP) is 13.1. The zero-order chi connectivity index (χ0) is 37.0. The molecule has 280 valence electrons. The number of rotatable bonds is 7. The molecule has 55 heavy (non-hydrogen) atoms. The second-order valence-electron chi connectivity index (χ2n) is 17.7. The molecule has 0 radical (unpaired) electrons. The zero-order valence-electron chi connectivity index (χ0n) is 33.2. The molecule has 0 amide bonds. The summed E-state index contributed by atoms with van der Waals surface area (Å²) >= 11 is -4.91. The van der Waals surface area contributed by atoms with Gasteiger partial charge in [0.15, 0.2) is 0 Å². The minimum absolute atomic E-state index is 0. The molecular formula is C52H54Cl2Zr. The summed E-state index contributed by atoms with van der Waals surface area (Å²) in [5.74, 6) is 0. The second-order valence-corrected chi connectivity index (χ2v) is 31.1. The third-order valence-electron chi connectivity index (χ3n) is 12.2. The molecule has 2 aliphatic rings. The molecule has 0 aromatic heterocycles. The normalized spacial score (nSPS) is 13.7. The summed E-state index contributed by atoms with van der Waals surface area (Å²) in [4.78, 5) is 0. The molecule has 8 rings (SSSR count). The van der Waals surface area contributed by atoms with Crippen molar-refractivity contribution in [2.45, 2.75) is 69.3 Å². The Bertz CT molecular complexity index is 2460. The molecule has 0 saturated heterocycles. The Morgan fingerprint density at radius 2 is 1.11 bits per heavy atom. The van der Waals surface area contributed by atoms with Gasteiger partial charge in [-0.3, -0.25) is 0 Å². The van der Waals surface area contributed by atoms with E-state index in [1.165, 1.54) is 64.5 Å². The Morgan fingerprint density at radius 3 is 1.65 bits per heavy atom. The van der Waals surface area contributed by atoms with E-state index in [1.54, 1.807) is 6.55 Å². The molecule has 0 fully saturated rings. The predicted molar refractivity (Wildman–Crippen MR) is 242 cm³/mol. The van der Waals surface area contributed by atoms with E-state index in [2.05, 4.69) is 199 Å². The van der Waals surface area contributed by atoms with E-state index in [9.17, 15) is 0 Å². The van der Waals surface area contributed by atoms with Crippen LogP contribution in [0.3, 0.4) is 0 Å². The Kier molecular flexibility index (Phi) is 11.3. The number of hydrogen-bond donors (Lipinski definition) is 0. The van der Waals surface area contributed by atoms with Crippen molar-refractivity contribution >= 4 is 35.6 Å². The van der Waals surface area contributed by atoms with Crippen LogP contribution in [0, 0.1) is 0 Å². The molecule has 6 aromatic carbocycles. The van der Waals surface area contributed by atoms with Crippen molar-refractivity contribution in [1.29, 1.82) is 0 Å². The van der Waals surface area contributed by atoms with Gasteiger partial charge in [-0.2, -0.15) is 0 Å². The summed E-state index contributed by atoms with van der Waals surface area (Å²) in [6.07, 6.45) is 8.98. The fourth-order valence-electron chi connectivity index (χ4n) is 9.60. The van der Waals surface area contributed by atoms with Crippen molar-refractivity contribution in [2.24, 2.45) is 0 Å². The van der Waals surface area contributed by atoms with Crippen LogP contribution in [-0.4, -0.2) is 4.21 Å². The van der Waals surface area contributed by atoms with Crippen LogP contribution in [0.1, 0.15) is 75.8 Å². The van der Waals surface area contributed by atoms with Crippen molar-refractivity contribution in [3.8, 4) is 33.4 Å². The van der Waals surface area contributed by atoms with Gasteiger partial charge < -0.3 is 0 Å². The Hall–Kier alpha value is -3.87. The number of fused-ring (bicyclic) bond motifs is 3. The molecule has 2 aliphatic carbocycles. The van der Waals surface area contributed by atoms with Gasteiger partial charge in [0, 0.05) is 0 Å². The van der Waals surface area contributed by atoms with Gasteiger partial charge in [-0.05, 0) is 0 Å². The Labute approximate surface area is 342 Å². The van der Waals surface area contributed by atoms with Gasteiger partial charge in [0.25, 0.3) is 0 Å². The van der Waals surface area contributed by atoms with Crippen LogP contribution in [-0.2, 0) is 39.7 Å². The van der Waals surface area contributed by atoms with Crippen LogP contribution in [0.25, 0.3) is 33.4 Å². The molecule has 0 nitrogen and oxygen atoms in total. The third kappa shape index (κ3) is 6.97. The molecule has 0 aliphatic heterocycles. The van der Waals surface area contributed by atoms with E-state index >= 15 is 0 Å².